The van der Waals surface area contributed by atoms with Gasteiger partial charge < -0.3 is 10.3 Å². The molecule has 0 unspecified atom stereocenters. The van der Waals surface area contributed by atoms with Crippen LogP contribution in [-0.4, -0.2) is 26.3 Å². The van der Waals surface area contributed by atoms with Crippen LogP contribution in [0.5, 0.6) is 0 Å². The molecule has 2 aromatic heterocycles. The van der Waals surface area contributed by atoms with Gasteiger partial charge in [0.05, 0.1) is 11.9 Å². The summed E-state index contributed by atoms with van der Waals surface area (Å²) in [4.78, 5) is 19.2. The van der Waals surface area contributed by atoms with Gasteiger partial charge in [-0.05, 0) is 5.92 Å². The lowest BCUT2D eigenvalue weighted by molar-refractivity contribution is 0.464. The third kappa shape index (κ3) is 3.60. The number of nitrogens with one attached hydrogen (secondary N) is 2. The van der Waals surface area contributed by atoms with Crippen LogP contribution in [-0.2, 0) is 13.0 Å². The number of hydrogen-bond donors (Lipinski definition) is 2. The van der Waals surface area contributed by atoms with Crippen molar-refractivity contribution in [2.75, 3.05) is 11.9 Å². The minimum atomic E-state index is -0.261. The Morgan fingerprint density at radius 1 is 1.50 bits per heavy atom. The van der Waals surface area contributed by atoms with Crippen LogP contribution in [0.25, 0.3) is 0 Å². The number of halogens is 1. The molecule has 6 nitrogen and oxygen atoms in total. The summed E-state index contributed by atoms with van der Waals surface area (Å²) >= 11 is 6.08. The molecular formula is C13H18ClN5O. The molecule has 108 valence electrons. The van der Waals surface area contributed by atoms with Gasteiger partial charge in [0.2, 0.25) is 0 Å². The van der Waals surface area contributed by atoms with Crippen molar-refractivity contribution in [1.82, 2.24) is 19.7 Å². The SMILES string of the molecule is CC(C)Cn1ncc(NCCc2ncc[nH]2)c(Cl)c1=O. The number of rotatable bonds is 6. The van der Waals surface area contributed by atoms with Crippen molar-refractivity contribution >= 4 is 17.3 Å². The number of hydrogen-bond acceptors (Lipinski definition) is 4. The van der Waals surface area contributed by atoms with E-state index in [2.05, 4.69) is 20.4 Å². The van der Waals surface area contributed by atoms with Crippen LogP contribution in [0.1, 0.15) is 19.7 Å². The third-order valence-corrected chi connectivity index (χ3v) is 3.12. The molecule has 0 saturated carbocycles. The second-order valence-electron chi connectivity index (χ2n) is 4.97. The van der Waals surface area contributed by atoms with Crippen LogP contribution in [0.4, 0.5) is 5.69 Å². The summed E-state index contributed by atoms with van der Waals surface area (Å²) in [6.07, 6.45) is 5.79. The van der Waals surface area contributed by atoms with E-state index >= 15 is 0 Å². The molecule has 0 atom stereocenters. The lowest BCUT2D eigenvalue weighted by Crippen LogP contribution is -2.26. The third-order valence-electron chi connectivity index (χ3n) is 2.76. The lowest BCUT2D eigenvalue weighted by atomic mass is 10.2. The van der Waals surface area contributed by atoms with Gasteiger partial charge in [-0.15, -0.1) is 0 Å². The predicted molar refractivity (Wildman–Crippen MR) is 79.1 cm³/mol. The molecule has 2 aromatic rings. The first-order valence-electron chi connectivity index (χ1n) is 6.55. The zero-order valence-corrected chi connectivity index (χ0v) is 12.3. The molecule has 0 radical (unpaired) electrons. The number of H-pyrrole nitrogens is 1. The van der Waals surface area contributed by atoms with E-state index in [0.29, 0.717) is 24.7 Å². The monoisotopic (exact) mass is 295 g/mol. The average Bonchev–Trinajstić information content (AvgIpc) is 2.90. The zero-order valence-electron chi connectivity index (χ0n) is 11.6. The van der Waals surface area contributed by atoms with Crippen LogP contribution in [0.15, 0.2) is 23.4 Å². The molecule has 0 saturated heterocycles. The summed E-state index contributed by atoms with van der Waals surface area (Å²) in [6, 6.07) is 0. The van der Waals surface area contributed by atoms with E-state index in [0.717, 1.165) is 12.2 Å². The molecule has 0 aliphatic rings. The second kappa shape index (κ2) is 6.56. The molecule has 2 N–H and O–H groups in total. The summed E-state index contributed by atoms with van der Waals surface area (Å²) in [5, 5.41) is 7.41. The van der Waals surface area contributed by atoms with Crippen molar-refractivity contribution in [1.29, 1.82) is 0 Å². The van der Waals surface area contributed by atoms with Crippen molar-refractivity contribution in [3.05, 3.63) is 39.8 Å². The fourth-order valence-corrected chi connectivity index (χ4v) is 2.03. The minimum Gasteiger partial charge on any atom is -0.382 e. The summed E-state index contributed by atoms with van der Waals surface area (Å²) < 4.78 is 1.39. The molecule has 0 amide bonds. The van der Waals surface area contributed by atoms with Gasteiger partial charge in [0, 0.05) is 31.9 Å². The number of anilines is 1. The normalized spacial score (nSPS) is 11.0. The Bertz CT molecular complexity index is 606. The van der Waals surface area contributed by atoms with Crippen molar-refractivity contribution in [2.45, 2.75) is 26.8 Å². The summed E-state index contributed by atoms with van der Waals surface area (Å²) in [7, 11) is 0. The zero-order chi connectivity index (χ0) is 14.5. The summed E-state index contributed by atoms with van der Waals surface area (Å²) in [6.45, 7) is 5.24. The first kappa shape index (κ1) is 14.6. The smallest absolute Gasteiger partial charge is 0.287 e. The molecule has 0 aliphatic carbocycles. The number of aromatic nitrogens is 4. The van der Waals surface area contributed by atoms with Gasteiger partial charge in [-0.1, -0.05) is 25.4 Å². The average molecular weight is 296 g/mol. The van der Waals surface area contributed by atoms with E-state index in [1.165, 1.54) is 4.68 Å². The Kier molecular flexibility index (Phi) is 4.79. The molecule has 0 aliphatic heterocycles. The first-order chi connectivity index (χ1) is 9.58. The molecule has 0 aromatic carbocycles. The van der Waals surface area contributed by atoms with E-state index in [1.54, 1.807) is 18.6 Å². The van der Waals surface area contributed by atoms with Gasteiger partial charge in [-0.3, -0.25) is 4.79 Å². The summed E-state index contributed by atoms with van der Waals surface area (Å²) in [5.41, 5.74) is 0.298. The van der Waals surface area contributed by atoms with E-state index in [4.69, 9.17) is 11.6 Å². The predicted octanol–water partition coefficient (Wildman–Crippen LogP) is 1.93. The van der Waals surface area contributed by atoms with Crippen molar-refractivity contribution in [3.8, 4) is 0 Å². The van der Waals surface area contributed by atoms with Gasteiger partial charge in [0.1, 0.15) is 10.8 Å². The Balaban J connectivity index is 2.02. The summed E-state index contributed by atoms with van der Waals surface area (Å²) in [5.74, 6) is 1.23. The van der Waals surface area contributed by atoms with Gasteiger partial charge in [-0.2, -0.15) is 5.10 Å². The Hall–Kier alpha value is -1.82. The molecular weight excluding hydrogens is 278 g/mol. The molecule has 20 heavy (non-hydrogen) atoms. The standard InChI is InChI=1S/C13H18ClN5O/c1-9(2)8-19-13(20)12(14)10(7-18-19)15-4-3-11-16-5-6-17-11/h5-7,9,15H,3-4,8H2,1-2H3,(H,16,17). The number of imidazole rings is 1. The highest BCUT2D eigenvalue weighted by Gasteiger charge is 2.10. The fourth-order valence-electron chi connectivity index (χ4n) is 1.81. The van der Waals surface area contributed by atoms with Crippen molar-refractivity contribution in [3.63, 3.8) is 0 Å². The van der Waals surface area contributed by atoms with Crippen LogP contribution in [0, 0.1) is 5.92 Å². The van der Waals surface area contributed by atoms with Crippen LogP contribution in [0.3, 0.4) is 0 Å². The Morgan fingerprint density at radius 3 is 2.95 bits per heavy atom. The lowest BCUT2D eigenvalue weighted by Gasteiger charge is -2.11. The first-order valence-corrected chi connectivity index (χ1v) is 6.93. The molecule has 0 spiro atoms. The maximum atomic E-state index is 12.0. The topological polar surface area (TPSA) is 75.6 Å². The molecule has 7 heteroatoms. The number of nitrogens with zero attached hydrogens (tertiary/aromatic N) is 3. The quantitative estimate of drug-likeness (QED) is 0.854. The molecule has 0 fully saturated rings. The van der Waals surface area contributed by atoms with E-state index < -0.39 is 0 Å². The minimum absolute atomic E-state index is 0.181. The van der Waals surface area contributed by atoms with E-state index in [1.807, 2.05) is 13.8 Å². The molecule has 2 heterocycles. The van der Waals surface area contributed by atoms with Crippen LogP contribution >= 0.6 is 11.6 Å². The van der Waals surface area contributed by atoms with Crippen LogP contribution < -0.4 is 10.9 Å². The van der Waals surface area contributed by atoms with E-state index in [-0.39, 0.29) is 10.6 Å². The van der Waals surface area contributed by atoms with Crippen molar-refractivity contribution in [2.24, 2.45) is 5.92 Å². The highest BCUT2D eigenvalue weighted by atomic mass is 35.5. The molecule has 2 rings (SSSR count). The van der Waals surface area contributed by atoms with Crippen LogP contribution in [0.2, 0.25) is 5.02 Å². The fraction of sp³-hybridized carbons (Fsp3) is 0.462. The molecule has 0 bridgehead atoms. The maximum Gasteiger partial charge on any atom is 0.287 e. The van der Waals surface area contributed by atoms with Gasteiger partial charge in [0.25, 0.3) is 5.56 Å². The second-order valence-corrected chi connectivity index (χ2v) is 5.34. The maximum absolute atomic E-state index is 12.0. The largest absolute Gasteiger partial charge is 0.382 e. The highest BCUT2D eigenvalue weighted by Crippen LogP contribution is 2.15. The van der Waals surface area contributed by atoms with E-state index in [9.17, 15) is 4.79 Å². The van der Waals surface area contributed by atoms with Crippen molar-refractivity contribution < 1.29 is 0 Å². The Morgan fingerprint density at radius 2 is 2.30 bits per heavy atom. The van der Waals surface area contributed by atoms with Gasteiger partial charge in [-0.25, -0.2) is 9.67 Å². The van der Waals surface area contributed by atoms with Gasteiger partial charge in [0.15, 0.2) is 0 Å². The van der Waals surface area contributed by atoms with Gasteiger partial charge >= 0.3 is 0 Å². The Labute approximate surface area is 122 Å². The highest BCUT2D eigenvalue weighted by molar-refractivity contribution is 6.32. The number of aromatic amines is 1.